The molecular weight excluding hydrogens is 362 g/mol. The van der Waals surface area contributed by atoms with Crippen molar-refractivity contribution in [2.75, 3.05) is 5.32 Å². The summed E-state index contributed by atoms with van der Waals surface area (Å²) in [7, 11) is -3.83. The van der Waals surface area contributed by atoms with Gasteiger partial charge in [-0.05, 0) is 32.9 Å². The molecule has 0 bridgehead atoms. The summed E-state index contributed by atoms with van der Waals surface area (Å²) < 4.78 is 32.1. The second-order valence-corrected chi connectivity index (χ2v) is 10.2. The number of amides is 1. The van der Waals surface area contributed by atoms with Gasteiger partial charge >= 0.3 is 0 Å². The SMILES string of the molecule is CC(C)(C)NS(=O)(=O)c1ccc(C(=O)Nc2nc(C(C)(C)C)cs2)o1. The molecule has 0 aliphatic rings. The van der Waals surface area contributed by atoms with Crippen LogP contribution in [0.4, 0.5) is 5.13 Å². The molecule has 0 unspecified atom stereocenters. The number of carbonyl (C=O) groups is 1. The van der Waals surface area contributed by atoms with Crippen molar-refractivity contribution >= 4 is 32.4 Å². The predicted molar refractivity (Wildman–Crippen MR) is 97.5 cm³/mol. The summed E-state index contributed by atoms with van der Waals surface area (Å²) in [6.45, 7) is 11.2. The van der Waals surface area contributed by atoms with Gasteiger partial charge in [-0.1, -0.05) is 20.8 Å². The van der Waals surface area contributed by atoms with Gasteiger partial charge in [0.2, 0.25) is 5.09 Å². The smallest absolute Gasteiger partial charge is 0.293 e. The zero-order valence-electron chi connectivity index (χ0n) is 15.1. The fourth-order valence-corrected chi connectivity index (χ4v) is 4.16. The van der Waals surface area contributed by atoms with Crippen molar-refractivity contribution in [3.05, 3.63) is 29.0 Å². The van der Waals surface area contributed by atoms with Crippen LogP contribution in [0.5, 0.6) is 0 Å². The molecule has 0 radical (unpaired) electrons. The quantitative estimate of drug-likeness (QED) is 0.840. The number of thiazole rings is 1. The summed E-state index contributed by atoms with van der Waals surface area (Å²) in [4.78, 5) is 16.6. The van der Waals surface area contributed by atoms with Crippen molar-refractivity contribution < 1.29 is 17.6 Å². The number of anilines is 1. The minimum absolute atomic E-state index is 0.0956. The Labute approximate surface area is 151 Å². The lowest BCUT2D eigenvalue weighted by Crippen LogP contribution is -2.40. The van der Waals surface area contributed by atoms with Crippen molar-refractivity contribution in [1.82, 2.24) is 9.71 Å². The average Bonchev–Trinajstić information content (AvgIpc) is 3.03. The average molecular weight is 386 g/mol. The number of carbonyl (C=O) groups excluding carboxylic acids is 1. The second kappa shape index (κ2) is 6.54. The third-order valence-corrected chi connectivity index (χ3v) is 5.39. The number of hydrogen-bond donors (Lipinski definition) is 2. The van der Waals surface area contributed by atoms with Gasteiger partial charge in [-0.25, -0.2) is 18.1 Å². The van der Waals surface area contributed by atoms with E-state index in [2.05, 4.69) is 15.0 Å². The van der Waals surface area contributed by atoms with Crippen LogP contribution in [0.25, 0.3) is 0 Å². The summed E-state index contributed by atoms with van der Waals surface area (Å²) in [5.41, 5.74) is 0.0902. The van der Waals surface area contributed by atoms with Crippen molar-refractivity contribution in [1.29, 1.82) is 0 Å². The maximum atomic E-state index is 12.2. The van der Waals surface area contributed by atoms with E-state index in [9.17, 15) is 13.2 Å². The molecule has 2 aromatic heterocycles. The Bertz CT molecular complexity index is 868. The van der Waals surface area contributed by atoms with E-state index in [1.165, 1.54) is 23.5 Å². The van der Waals surface area contributed by atoms with Crippen molar-refractivity contribution in [2.45, 2.75) is 57.6 Å². The van der Waals surface area contributed by atoms with Crippen LogP contribution in [0, 0.1) is 0 Å². The summed E-state index contributed by atoms with van der Waals surface area (Å²) in [5, 5.41) is 4.63. The van der Waals surface area contributed by atoms with Gasteiger partial charge in [0.25, 0.3) is 15.9 Å². The molecule has 2 rings (SSSR count). The van der Waals surface area contributed by atoms with Crippen LogP contribution in [0.1, 0.15) is 57.8 Å². The molecule has 2 aromatic rings. The zero-order chi connectivity index (χ0) is 19.0. The van der Waals surface area contributed by atoms with Crippen LogP contribution >= 0.6 is 11.3 Å². The standard InChI is InChI=1S/C16H23N3O4S2/c1-15(2,3)11-9-24-14(17-11)18-13(20)10-7-8-12(23-10)25(21,22)19-16(4,5)6/h7-9,19H,1-6H3,(H,17,18,20). The van der Waals surface area contributed by atoms with E-state index < -0.39 is 21.5 Å². The topological polar surface area (TPSA) is 101 Å². The van der Waals surface area contributed by atoms with E-state index in [0.717, 1.165) is 5.69 Å². The molecular formula is C16H23N3O4S2. The van der Waals surface area contributed by atoms with Crippen LogP contribution in [0.15, 0.2) is 27.0 Å². The van der Waals surface area contributed by atoms with Gasteiger partial charge in [-0.2, -0.15) is 0 Å². The van der Waals surface area contributed by atoms with Crippen LogP contribution in [-0.4, -0.2) is 24.8 Å². The lowest BCUT2D eigenvalue weighted by atomic mass is 9.93. The van der Waals surface area contributed by atoms with Gasteiger partial charge in [0.1, 0.15) is 0 Å². The number of nitrogens with one attached hydrogen (secondary N) is 2. The molecule has 0 aliphatic heterocycles. The summed E-state index contributed by atoms with van der Waals surface area (Å²) in [6, 6.07) is 2.58. The number of nitrogens with zero attached hydrogens (tertiary/aromatic N) is 1. The van der Waals surface area contributed by atoms with Gasteiger partial charge in [-0.15, -0.1) is 11.3 Å². The maximum Gasteiger partial charge on any atom is 0.293 e. The van der Waals surface area contributed by atoms with E-state index in [1.54, 1.807) is 20.8 Å². The predicted octanol–water partition coefficient (Wildman–Crippen LogP) is 3.36. The Kier molecular flexibility index (Phi) is 5.13. The van der Waals surface area contributed by atoms with E-state index in [1.807, 2.05) is 26.2 Å². The highest BCUT2D eigenvalue weighted by Gasteiger charge is 2.26. The number of hydrogen-bond acceptors (Lipinski definition) is 6. The van der Waals surface area contributed by atoms with Crippen LogP contribution in [-0.2, 0) is 15.4 Å². The Balaban J connectivity index is 2.14. The molecule has 0 aromatic carbocycles. The maximum absolute atomic E-state index is 12.2. The van der Waals surface area contributed by atoms with Gasteiger partial charge in [0, 0.05) is 16.3 Å². The Morgan fingerprint density at radius 2 is 1.80 bits per heavy atom. The van der Waals surface area contributed by atoms with Gasteiger partial charge in [0.15, 0.2) is 10.9 Å². The van der Waals surface area contributed by atoms with Crippen molar-refractivity contribution in [3.63, 3.8) is 0 Å². The number of aromatic nitrogens is 1. The van der Waals surface area contributed by atoms with Crippen molar-refractivity contribution in [2.24, 2.45) is 0 Å². The molecule has 7 nitrogen and oxygen atoms in total. The fraction of sp³-hybridized carbons (Fsp3) is 0.500. The van der Waals surface area contributed by atoms with Crippen LogP contribution in [0.3, 0.4) is 0 Å². The minimum atomic E-state index is -3.83. The van der Waals surface area contributed by atoms with Crippen molar-refractivity contribution in [3.8, 4) is 0 Å². The van der Waals surface area contributed by atoms with E-state index in [0.29, 0.717) is 5.13 Å². The molecule has 0 atom stereocenters. The monoisotopic (exact) mass is 385 g/mol. The van der Waals surface area contributed by atoms with Crippen LogP contribution < -0.4 is 10.0 Å². The number of sulfonamides is 1. The first-order valence-corrected chi connectivity index (χ1v) is 10.1. The van der Waals surface area contributed by atoms with Gasteiger partial charge in [-0.3, -0.25) is 10.1 Å². The first kappa shape index (κ1) is 19.6. The molecule has 0 aliphatic carbocycles. The molecule has 9 heteroatoms. The Morgan fingerprint density at radius 1 is 1.16 bits per heavy atom. The van der Waals surface area contributed by atoms with E-state index in [-0.39, 0.29) is 16.3 Å². The number of rotatable bonds is 4. The van der Waals surface area contributed by atoms with Gasteiger partial charge < -0.3 is 4.42 Å². The zero-order valence-corrected chi connectivity index (χ0v) is 16.8. The minimum Gasteiger partial charge on any atom is -0.438 e. The van der Waals surface area contributed by atoms with Gasteiger partial charge in [0.05, 0.1) is 5.69 Å². The molecule has 0 fully saturated rings. The second-order valence-electron chi connectivity index (χ2n) is 7.72. The van der Waals surface area contributed by atoms with E-state index >= 15 is 0 Å². The largest absolute Gasteiger partial charge is 0.438 e. The highest BCUT2D eigenvalue weighted by molar-refractivity contribution is 7.89. The van der Waals surface area contributed by atoms with Crippen LogP contribution in [0.2, 0.25) is 0 Å². The lowest BCUT2D eigenvalue weighted by Gasteiger charge is -2.18. The highest BCUT2D eigenvalue weighted by Crippen LogP contribution is 2.27. The first-order valence-electron chi connectivity index (χ1n) is 7.69. The number of furan rings is 1. The molecule has 2 heterocycles. The molecule has 0 spiro atoms. The third kappa shape index (κ3) is 5.13. The Hall–Kier alpha value is -1.71. The molecule has 0 saturated carbocycles. The molecule has 138 valence electrons. The Morgan fingerprint density at radius 3 is 2.32 bits per heavy atom. The third-order valence-electron chi connectivity index (χ3n) is 3.00. The first-order chi connectivity index (χ1) is 11.3. The molecule has 1 amide bonds. The fourth-order valence-electron chi connectivity index (χ4n) is 1.87. The summed E-state index contributed by atoms with van der Waals surface area (Å²) in [5.74, 6) is -0.645. The normalized spacial score (nSPS) is 13.0. The summed E-state index contributed by atoms with van der Waals surface area (Å²) >= 11 is 1.30. The summed E-state index contributed by atoms with van der Waals surface area (Å²) in [6.07, 6.45) is 0. The van der Waals surface area contributed by atoms with E-state index in [4.69, 9.17) is 4.42 Å². The lowest BCUT2D eigenvalue weighted by molar-refractivity contribution is 0.0991. The highest BCUT2D eigenvalue weighted by atomic mass is 32.2. The molecule has 0 saturated heterocycles. The molecule has 2 N–H and O–H groups in total. The molecule has 25 heavy (non-hydrogen) atoms.